The van der Waals surface area contributed by atoms with Crippen LogP contribution < -0.4 is 0 Å². The Balaban J connectivity index is 1.36. The maximum absolute atomic E-state index is 9.83. The summed E-state index contributed by atoms with van der Waals surface area (Å²) in [6.07, 6.45) is 0. The Labute approximate surface area is 351 Å². The molecule has 0 unspecified atom stereocenters. The molecule has 0 N–H and O–H groups in total. The summed E-state index contributed by atoms with van der Waals surface area (Å²) in [6.45, 7) is -5.44. The highest BCUT2D eigenvalue weighted by atomic mass is 15.0. The van der Waals surface area contributed by atoms with Crippen LogP contribution in [0.1, 0.15) is 19.4 Å². The monoisotopic (exact) mass is 768 g/mol. The molecule has 0 aliphatic rings. The SMILES string of the molecule is [2H]C([2H])([2H])c1c2c3c4c(cc5c6ccccc6n(c2c(C([2H])([2H])[2H])c2c6c7c(cc8c9ccccc9n(c12)c86)c1ccccc1n7-c1ccccc1)c53)c1ccccc1n4-c1ccccc1. The summed E-state index contributed by atoms with van der Waals surface area (Å²) in [7, 11) is 0. The number of nitrogens with zero attached hydrogens (tertiary/aromatic N) is 4. The molecule has 0 bridgehead atoms. The zero-order valence-electron chi connectivity index (χ0n) is 38.0. The minimum absolute atomic E-state index is 0.140. The lowest BCUT2D eigenvalue weighted by Gasteiger charge is -2.12. The number of aryl methyl sites for hydroxylation is 2. The number of hydrogen-bond donors (Lipinski definition) is 0. The number of rotatable bonds is 2. The predicted molar refractivity (Wildman–Crippen MR) is 254 cm³/mol. The molecule has 4 nitrogen and oxygen atoms in total. The van der Waals surface area contributed by atoms with Gasteiger partial charge in [0, 0.05) is 84.2 Å². The van der Waals surface area contributed by atoms with Crippen LogP contribution in [0, 0.1) is 13.7 Å². The van der Waals surface area contributed by atoms with Crippen molar-refractivity contribution in [3.05, 3.63) is 181 Å². The second-order valence-electron chi connectivity index (χ2n) is 16.4. The molecule has 0 atom stereocenters. The van der Waals surface area contributed by atoms with E-state index in [4.69, 9.17) is 0 Å². The molecule has 0 saturated heterocycles. The average molecular weight is 769 g/mol. The molecule has 6 aromatic heterocycles. The van der Waals surface area contributed by atoms with Crippen LogP contribution in [0.2, 0.25) is 0 Å². The summed E-state index contributed by atoms with van der Waals surface area (Å²) in [4.78, 5) is 0. The second kappa shape index (κ2) is 10.6. The molecule has 9 aromatic carbocycles. The van der Waals surface area contributed by atoms with Gasteiger partial charge in [-0.1, -0.05) is 109 Å². The lowest BCUT2D eigenvalue weighted by atomic mass is 9.95. The molecule has 4 heteroatoms. The molecule has 6 heterocycles. The van der Waals surface area contributed by atoms with Crippen LogP contribution in [0.15, 0.2) is 170 Å². The van der Waals surface area contributed by atoms with E-state index in [0.717, 1.165) is 109 Å². The highest BCUT2D eigenvalue weighted by Crippen LogP contribution is 2.53. The highest BCUT2D eigenvalue weighted by Gasteiger charge is 2.31. The summed E-state index contributed by atoms with van der Waals surface area (Å²) in [5, 5.41) is 10.1. The fourth-order valence-corrected chi connectivity index (χ4v) is 11.4. The molecule has 278 valence electrons. The molecule has 0 amide bonds. The summed E-state index contributed by atoms with van der Waals surface area (Å²) in [5.41, 5.74) is 9.80. The van der Waals surface area contributed by atoms with Crippen LogP contribution in [0.4, 0.5) is 0 Å². The van der Waals surface area contributed by atoms with E-state index < -0.39 is 13.7 Å². The third-order valence-corrected chi connectivity index (χ3v) is 13.6. The van der Waals surface area contributed by atoms with Crippen LogP contribution >= 0.6 is 0 Å². The fraction of sp³-hybridized carbons (Fsp3) is 0.0357. The molecular formula is C56H34N4. The van der Waals surface area contributed by atoms with Gasteiger partial charge in [0.2, 0.25) is 0 Å². The standard InChI is InChI=1S/C56H34N4/c1-31-47-49-53-39(35-21-9-13-25-43(35)57(53)33-17-5-3-6-18-33)29-41-38-24-12-16-28-46(38)60(55(41)49)52(47)32(2)48-50-54-40(30-42-37-23-11-15-27-45(37)59(51(31)48)56(42)50)36-22-10-14-26-44(36)58(54)34-19-7-4-8-20-34/h3-30H,1-2H3/i1D3,2D3. The topological polar surface area (TPSA) is 18.7 Å². The Bertz CT molecular complexity index is 4290. The van der Waals surface area contributed by atoms with Crippen molar-refractivity contribution in [2.75, 3.05) is 0 Å². The molecule has 15 aromatic rings. The van der Waals surface area contributed by atoms with E-state index in [0.29, 0.717) is 21.8 Å². The quantitative estimate of drug-likeness (QED) is 0.167. The van der Waals surface area contributed by atoms with E-state index in [1.807, 2.05) is 97.1 Å². The molecule has 0 fully saturated rings. The molecule has 0 spiro atoms. The van der Waals surface area contributed by atoms with Gasteiger partial charge in [0.1, 0.15) is 0 Å². The van der Waals surface area contributed by atoms with Gasteiger partial charge >= 0.3 is 0 Å². The number of para-hydroxylation sites is 6. The molecule has 0 aliphatic carbocycles. The molecular weight excluding hydrogens is 729 g/mol. The number of benzene rings is 9. The number of aromatic nitrogens is 4. The summed E-state index contributed by atoms with van der Waals surface area (Å²) >= 11 is 0. The summed E-state index contributed by atoms with van der Waals surface area (Å²) in [6, 6.07) is 57.7. The first-order valence-corrected chi connectivity index (χ1v) is 20.5. The lowest BCUT2D eigenvalue weighted by molar-refractivity contribution is 1.19. The maximum Gasteiger partial charge on any atom is 0.0642 e. The normalized spacial score (nSPS) is 14.7. The molecule has 60 heavy (non-hydrogen) atoms. The third kappa shape index (κ3) is 3.43. The van der Waals surface area contributed by atoms with E-state index in [1.165, 1.54) is 0 Å². The van der Waals surface area contributed by atoms with Gasteiger partial charge in [0.05, 0.1) is 55.2 Å². The van der Waals surface area contributed by atoms with Crippen molar-refractivity contribution in [3.8, 4) is 11.4 Å². The third-order valence-electron chi connectivity index (χ3n) is 13.6. The van der Waals surface area contributed by atoms with Crippen LogP contribution in [-0.2, 0) is 0 Å². The summed E-state index contributed by atoms with van der Waals surface area (Å²) in [5.74, 6) is 0. The highest BCUT2D eigenvalue weighted by molar-refractivity contribution is 6.40. The van der Waals surface area contributed by atoms with Crippen molar-refractivity contribution in [3.63, 3.8) is 0 Å². The van der Waals surface area contributed by atoms with E-state index in [1.54, 1.807) is 0 Å². The van der Waals surface area contributed by atoms with E-state index in [-0.39, 0.29) is 11.1 Å². The van der Waals surface area contributed by atoms with E-state index in [9.17, 15) is 8.22 Å². The predicted octanol–water partition coefficient (Wildman–Crippen LogP) is 14.8. The van der Waals surface area contributed by atoms with Crippen LogP contribution in [0.5, 0.6) is 0 Å². The number of hydrogen-bond acceptors (Lipinski definition) is 0. The van der Waals surface area contributed by atoms with Crippen molar-refractivity contribution in [1.82, 2.24) is 17.9 Å². The minimum atomic E-state index is -2.72. The van der Waals surface area contributed by atoms with E-state index in [2.05, 4.69) is 90.7 Å². The van der Waals surface area contributed by atoms with Gasteiger partial charge in [-0.05, 0) is 85.5 Å². The van der Waals surface area contributed by atoms with Crippen molar-refractivity contribution < 1.29 is 8.22 Å². The molecule has 0 aliphatic heterocycles. The maximum atomic E-state index is 9.83. The molecule has 0 radical (unpaired) electrons. The lowest BCUT2D eigenvalue weighted by Crippen LogP contribution is -1.95. The van der Waals surface area contributed by atoms with Gasteiger partial charge in [-0.3, -0.25) is 0 Å². The van der Waals surface area contributed by atoms with Crippen molar-refractivity contribution in [1.29, 1.82) is 0 Å². The Morgan fingerprint density at radius 2 is 0.633 bits per heavy atom. The largest absolute Gasteiger partial charge is 0.309 e. The molecule has 0 saturated carbocycles. The Kier molecular flexibility index (Phi) is 4.64. The first-order chi connectivity index (χ1) is 32.1. The Morgan fingerprint density at radius 1 is 0.300 bits per heavy atom. The minimum Gasteiger partial charge on any atom is -0.309 e. The second-order valence-corrected chi connectivity index (χ2v) is 16.4. The zero-order chi connectivity index (χ0) is 44.1. The smallest absolute Gasteiger partial charge is 0.0642 e. The van der Waals surface area contributed by atoms with Gasteiger partial charge < -0.3 is 17.9 Å². The first-order valence-electron chi connectivity index (χ1n) is 23.5. The van der Waals surface area contributed by atoms with Crippen LogP contribution in [0.25, 0.3) is 131 Å². The molecule has 15 rings (SSSR count). The Morgan fingerprint density at radius 3 is 1.03 bits per heavy atom. The van der Waals surface area contributed by atoms with Gasteiger partial charge in [-0.25, -0.2) is 0 Å². The van der Waals surface area contributed by atoms with Gasteiger partial charge in [0.15, 0.2) is 0 Å². The van der Waals surface area contributed by atoms with Gasteiger partial charge in [-0.2, -0.15) is 0 Å². The van der Waals surface area contributed by atoms with Crippen LogP contribution in [0.3, 0.4) is 0 Å². The summed E-state index contributed by atoms with van der Waals surface area (Å²) < 4.78 is 67.6. The average Bonchev–Trinajstić information content (AvgIpc) is 4.16. The Hall–Kier alpha value is -7.82. The fourth-order valence-electron chi connectivity index (χ4n) is 11.4. The number of fused-ring (bicyclic) bond motifs is 20. The van der Waals surface area contributed by atoms with Crippen LogP contribution in [-0.4, -0.2) is 17.9 Å². The van der Waals surface area contributed by atoms with E-state index >= 15 is 0 Å². The van der Waals surface area contributed by atoms with Crippen molar-refractivity contribution >= 4 is 120 Å². The van der Waals surface area contributed by atoms with Crippen molar-refractivity contribution in [2.24, 2.45) is 0 Å². The van der Waals surface area contributed by atoms with Gasteiger partial charge in [-0.15, -0.1) is 0 Å². The van der Waals surface area contributed by atoms with Gasteiger partial charge in [0.25, 0.3) is 0 Å². The van der Waals surface area contributed by atoms with Crippen molar-refractivity contribution in [2.45, 2.75) is 13.7 Å². The zero-order valence-corrected chi connectivity index (χ0v) is 32.0. The first kappa shape index (κ1) is 26.2.